The van der Waals surface area contributed by atoms with Crippen LogP contribution >= 0.6 is 15.9 Å². The molecule has 0 aliphatic carbocycles. The minimum absolute atomic E-state index is 0.0711. The molecule has 0 radical (unpaired) electrons. The number of hydrogen-bond acceptors (Lipinski definition) is 1. The molecule has 2 rings (SSSR count). The summed E-state index contributed by atoms with van der Waals surface area (Å²) in [6, 6.07) is 13.0. The molecule has 0 unspecified atom stereocenters. The summed E-state index contributed by atoms with van der Waals surface area (Å²) in [4.78, 5) is 10.6. The molecule has 86 valence electrons. The second-order valence-electron chi connectivity index (χ2n) is 3.75. The van der Waals surface area contributed by atoms with Gasteiger partial charge in [0.1, 0.15) is 5.82 Å². The van der Waals surface area contributed by atoms with E-state index in [1.165, 1.54) is 6.07 Å². The van der Waals surface area contributed by atoms with Crippen molar-refractivity contribution in [2.45, 2.75) is 6.42 Å². The Hall–Kier alpha value is -1.48. The molecule has 0 aliphatic rings. The fraction of sp³-hybridized carbons (Fsp3) is 0.0714. The van der Waals surface area contributed by atoms with Gasteiger partial charge in [-0.1, -0.05) is 30.3 Å². The highest BCUT2D eigenvalue weighted by molar-refractivity contribution is 9.10. The molecule has 2 aromatic rings. The average Bonchev–Trinajstić information content (AvgIpc) is 2.30. The van der Waals surface area contributed by atoms with Crippen molar-refractivity contribution >= 4 is 22.2 Å². The molecule has 0 heterocycles. The lowest BCUT2D eigenvalue weighted by Crippen LogP contribution is -1.95. The first-order valence-electron chi connectivity index (χ1n) is 5.17. The van der Waals surface area contributed by atoms with Gasteiger partial charge in [-0.05, 0) is 45.6 Å². The summed E-state index contributed by atoms with van der Waals surface area (Å²) in [6.07, 6.45) is 1.17. The maximum atomic E-state index is 13.6. The van der Waals surface area contributed by atoms with Crippen molar-refractivity contribution in [3.63, 3.8) is 0 Å². The van der Waals surface area contributed by atoms with Crippen molar-refractivity contribution in [1.82, 2.24) is 0 Å². The first-order chi connectivity index (χ1) is 8.20. The van der Waals surface area contributed by atoms with E-state index in [4.69, 9.17) is 0 Å². The lowest BCUT2D eigenvalue weighted by Gasteiger charge is -2.05. The van der Waals surface area contributed by atoms with E-state index in [2.05, 4.69) is 15.9 Å². The third-order valence-corrected chi connectivity index (χ3v) is 3.16. The largest absolute Gasteiger partial charge is 0.298 e. The monoisotopic (exact) mass is 292 g/mol. The molecule has 0 saturated carbocycles. The van der Waals surface area contributed by atoms with Crippen LogP contribution in [-0.4, -0.2) is 6.29 Å². The predicted molar refractivity (Wildman–Crippen MR) is 68.7 cm³/mol. The Morgan fingerprint density at radius 3 is 2.41 bits per heavy atom. The molecule has 0 atom stereocenters. The smallest absolute Gasteiger partial charge is 0.154 e. The molecule has 1 nitrogen and oxygen atoms in total. The van der Waals surface area contributed by atoms with Gasteiger partial charge in [-0.3, -0.25) is 4.79 Å². The van der Waals surface area contributed by atoms with E-state index in [0.29, 0.717) is 17.2 Å². The summed E-state index contributed by atoms with van der Waals surface area (Å²) in [7, 11) is 0. The summed E-state index contributed by atoms with van der Waals surface area (Å²) in [5.74, 6) is -0.486. The summed E-state index contributed by atoms with van der Waals surface area (Å²) in [5.41, 5.74) is 2.02. The third-order valence-electron chi connectivity index (χ3n) is 2.51. The Balaban J connectivity index is 2.32. The second-order valence-corrected chi connectivity index (χ2v) is 4.61. The molecule has 0 aromatic heterocycles. The Kier molecular flexibility index (Phi) is 3.69. The van der Waals surface area contributed by atoms with Crippen molar-refractivity contribution in [2.24, 2.45) is 0 Å². The van der Waals surface area contributed by atoms with Crippen molar-refractivity contribution in [2.75, 3.05) is 0 Å². The fourth-order valence-corrected chi connectivity index (χ4v) is 2.26. The van der Waals surface area contributed by atoms with Crippen LogP contribution < -0.4 is 0 Å². The number of aldehydes is 1. The highest BCUT2D eigenvalue weighted by Crippen LogP contribution is 2.22. The van der Waals surface area contributed by atoms with E-state index in [1.807, 2.05) is 30.3 Å². The van der Waals surface area contributed by atoms with E-state index in [-0.39, 0.29) is 5.56 Å². The van der Waals surface area contributed by atoms with Crippen LogP contribution in [0.5, 0.6) is 0 Å². The first-order valence-corrected chi connectivity index (χ1v) is 5.97. The standard InChI is InChI=1S/C14H10BrFO/c15-13-7-11(8-14(16)12(13)9-17)6-10-4-2-1-3-5-10/h1-5,7-9H,6H2. The maximum Gasteiger partial charge on any atom is 0.154 e. The Morgan fingerprint density at radius 2 is 1.82 bits per heavy atom. The summed E-state index contributed by atoms with van der Waals surface area (Å²) in [6.45, 7) is 0. The van der Waals surface area contributed by atoms with Crippen LogP contribution in [0.25, 0.3) is 0 Å². The molecule has 3 heteroatoms. The van der Waals surface area contributed by atoms with Crippen molar-refractivity contribution in [1.29, 1.82) is 0 Å². The van der Waals surface area contributed by atoms with Crippen LogP contribution in [0.4, 0.5) is 4.39 Å². The van der Waals surface area contributed by atoms with Gasteiger partial charge >= 0.3 is 0 Å². The highest BCUT2D eigenvalue weighted by atomic mass is 79.9. The number of hydrogen-bond donors (Lipinski definition) is 0. The summed E-state index contributed by atoms with van der Waals surface area (Å²) < 4.78 is 14.1. The quantitative estimate of drug-likeness (QED) is 0.782. The van der Waals surface area contributed by atoms with E-state index < -0.39 is 5.82 Å². The number of halogens is 2. The zero-order valence-electron chi connectivity index (χ0n) is 8.99. The summed E-state index contributed by atoms with van der Waals surface area (Å²) >= 11 is 3.20. The number of carbonyl (C=O) groups excluding carboxylic acids is 1. The van der Waals surface area contributed by atoms with Crippen LogP contribution in [0.2, 0.25) is 0 Å². The lowest BCUT2D eigenvalue weighted by molar-refractivity contribution is 0.111. The van der Waals surface area contributed by atoms with Crippen LogP contribution in [0, 0.1) is 5.82 Å². The molecular formula is C14H10BrFO. The first kappa shape index (κ1) is 12.0. The second kappa shape index (κ2) is 5.23. The molecule has 17 heavy (non-hydrogen) atoms. The maximum absolute atomic E-state index is 13.6. The van der Waals surface area contributed by atoms with Crippen LogP contribution in [0.15, 0.2) is 46.9 Å². The minimum Gasteiger partial charge on any atom is -0.298 e. The molecule has 0 N–H and O–H groups in total. The average molecular weight is 293 g/mol. The van der Waals surface area contributed by atoms with Crippen LogP contribution in [-0.2, 0) is 6.42 Å². The predicted octanol–water partition coefficient (Wildman–Crippen LogP) is 3.99. The van der Waals surface area contributed by atoms with Crippen molar-refractivity contribution < 1.29 is 9.18 Å². The minimum atomic E-state index is -0.486. The van der Waals surface area contributed by atoms with Gasteiger partial charge in [0, 0.05) is 4.47 Å². The molecular weight excluding hydrogens is 283 g/mol. The third kappa shape index (κ3) is 2.80. The van der Waals surface area contributed by atoms with E-state index in [0.717, 1.165) is 11.1 Å². The number of benzene rings is 2. The fourth-order valence-electron chi connectivity index (χ4n) is 1.68. The van der Waals surface area contributed by atoms with Crippen LogP contribution in [0.3, 0.4) is 0 Å². The Morgan fingerprint density at radius 1 is 1.12 bits per heavy atom. The normalized spacial score (nSPS) is 10.2. The van der Waals surface area contributed by atoms with E-state index in [9.17, 15) is 9.18 Å². The van der Waals surface area contributed by atoms with Gasteiger partial charge in [-0.15, -0.1) is 0 Å². The molecule has 0 saturated heterocycles. The number of rotatable bonds is 3. The van der Waals surface area contributed by atoms with Gasteiger partial charge in [-0.2, -0.15) is 0 Å². The van der Waals surface area contributed by atoms with Crippen molar-refractivity contribution in [3.8, 4) is 0 Å². The van der Waals surface area contributed by atoms with Crippen molar-refractivity contribution in [3.05, 3.63) is 69.4 Å². The SMILES string of the molecule is O=Cc1c(F)cc(Cc2ccccc2)cc1Br. The molecule has 2 aromatic carbocycles. The Bertz CT molecular complexity index is 514. The van der Waals surface area contributed by atoms with Gasteiger partial charge in [-0.25, -0.2) is 4.39 Å². The molecule has 0 bridgehead atoms. The van der Waals surface area contributed by atoms with Gasteiger partial charge in [0.2, 0.25) is 0 Å². The topological polar surface area (TPSA) is 17.1 Å². The van der Waals surface area contributed by atoms with E-state index >= 15 is 0 Å². The van der Waals surface area contributed by atoms with E-state index in [1.54, 1.807) is 6.07 Å². The molecule has 0 spiro atoms. The molecule has 0 aliphatic heterocycles. The van der Waals surface area contributed by atoms with Crippen LogP contribution in [0.1, 0.15) is 21.5 Å². The zero-order valence-corrected chi connectivity index (χ0v) is 10.6. The molecule has 0 fully saturated rings. The van der Waals surface area contributed by atoms with Gasteiger partial charge in [0.15, 0.2) is 6.29 Å². The van der Waals surface area contributed by atoms with Gasteiger partial charge in [0.25, 0.3) is 0 Å². The highest BCUT2D eigenvalue weighted by Gasteiger charge is 2.08. The Labute approximate surface area is 107 Å². The molecule has 0 amide bonds. The number of carbonyl (C=O) groups is 1. The van der Waals surface area contributed by atoms with Gasteiger partial charge in [0.05, 0.1) is 5.56 Å². The van der Waals surface area contributed by atoms with Gasteiger partial charge < -0.3 is 0 Å². The summed E-state index contributed by atoms with van der Waals surface area (Å²) in [5, 5.41) is 0. The zero-order chi connectivity index (χ0) is 12.3. The lowest BCUT2D eigenvalue weighted by atomic mass is 10.0.